The summed E-state index contributed by atoms with van der Waals surface area (Å²) in [6.45, 7) is 2.24. The molecular weight excluding hydrogens is 423 g/mol. The molecule has 0 unspecified atom stereocenters. The van der Waals surface area contributed by atoms with E-state index in [1.54, 1.807) is 12.1 Å². The Morgan fingerprint density at radius 3 is 2.57 bits per heavy atom. The van der Waals surface area contributed by atoms with Crippen LogP contribution in [0.2, 0.25) is 5.02 Å². The number of pyridine rings is 1. The first-order valence-electron chi connectivity index (χ1n) is 9.10. The van der Waals surface area contributed by atoms with E-state index in [2.05, 4.69) is 15.0 Å². The van der Waals surface area contributed by atoms with E-state index in [9.17, 15) is 22.8 Å². The number of hydrogen-bond donors (Lipinski definition) is 1. The average Bonchev–Trinajstić information content (AvgIpc) is 2.67. The maximum absolute atomic E-state index is 12.8. The number of anilines is 1. The molecule has 0 bridgehead atoms. The largest absolute Gasteiger partial charge is 0.467 e. The zero-order valence-corrected chi connectivity index (χ0v) is 17.2. The number of aryl methyl sites for hydroxylation is 1. The van der Waals surface area contributed by atoms with E-state index in [0.717, 1.165) is 11.8 Å². The molecule has 0 atom stereocenters. The number of carbonyl (C=O) groups is 2. The molecule has 2 rings (SSSR count). The van der Waals surface area contributed by atoms with Crippen LogP contribution in [0.1, 0.15) is 29.3 Å². The molecule has 0 saturated carbocycles. The Morgan fingerprint density at radius 1 is 1.27 bits per heavy atom. The van der Waals surface area contributed by atoms with Crippen LogP contribution >= 0.6 is 11.6 Å². The van der Waals surface area contributed by atoms with Gasteiger partial charge in [-0.15, -0.1) is 0 Å². The lowest BCUT2D eigenvalue weighted by Crippen LogP contribution is -2.38. The standard InChI is InChI=1S/C20H21ClF3N3O3/c1-3-8-27(11-17(28)26-16-7-5-4-6-13(16)2)19(29)14-9-15(21)18(25-10-14)30-12-20(22,23)24/h4-7,9-10H,3,8,11-12H2,1-2H3,(H,26,28). The van der Waals surface area contributed by atoms with E-state index in [1.807, 2.05) is 26.0 Å². The van der Waals surface area contributed by atoms with Gasteiger partial charge in [-0.05, 0) is 31.0 Å². The van der Waals surface area contributed by atoms with Crippen LogP contribution in [0, 0.1) is 6.92 Å². The maximum Gasteiger partial charge on any atom is 0.422 e. The molecule has 2 amide bonds. The van der Waals surface area contributed by atoms with Crippen LogP contribution in [0.5, 0.6) is 5.88 Å². The Balaban J connectivity index is 2.09. The van der Waals surface area contributed by atoms with Crippen molar-refractivity contribution in [2.45, 2.75) is 26.4 Å². The number of benzene rings is 1. The molecule has 0 aliphatic heterocycles. The Kier molecular flexibility index (Phi) is 8.05. The third-order valence-corrected chi connectivity index (χ3v) is 4.23. The van der Waals surface area contributed by atoms with Crippen molar-refractivity contribution in [1.82, 2.24) is 9.88 Å². The average molecular weight is 444 g/mol. The number of aromatic nitrogens is 1. The second kappa shape index (κ2) is 10.3. The predicted octanol–water partition coefficient (Wildman–Crippen LogP) is 4.48. The molecule has 1 aromatic heterocycles. The summed E-state index contributed by atoms with van der Waals surface area (Å²) in [5.41, 5.74) is 1.56. The van der Waals surface area contributed by atoms with Gasteiger partial charge in [0.25, 0.3) is 5.91 Å². The SMILES string of the molecule is CCCN(CC(=O)Nc1ccccc1C)C(=O)c1cnc(OCC(F)(F)F)c(Cl)c1. The third kappa shape index (κ3) is 6.91. The van der Waals surface area contributed by atoms with E-state index < -0.39 is 24.6 Å². The Morgan fingerprint density at radius 2 is 1.97 bits per heavy atom. The quantitative estimate of drug-likeness (QED) is 0.653. The molecule has 0 saturated heterocycles. The second-order valence-electron chi connectivity index (χ2n) is 6.50. The highest BCUT2D eigenvalue weighted by atomic mass is 35.5. The van der Waals surface area contributed by atoms with E-state index in [0.29, 0.717) is 18.7 Å². The van der Waals surface area contributed by atoms with Crippen molar-refractivity contribution in [3.05, 3.63) is 52.7 Å². The lowest BCUT2D eigenvalue weighted by atomic mass is 10.2. The number of nitrogens with one attached hydrogen (secondary N) is 1. The van der Waals surface area contributed by atoms with Crippen LogP contribution in [0.25, 0.3) is 0 Å². The number of ether oxygens (including phenoxy) is 1. The van der Waals surface area contributed by atoms with Gasteiger partial charge in [-0.25, -0.2) is 4.98 Å². The maximum atomic E-state index is 12.8. The van der Waals surface area contributed by atoms with Crippen LogP contribution in [0.4, 0.5) is 18.9 Å². The fourth-order valence-corrected chi connectivity index (χ4v) is 2.80. The molecule has 0 fully saturated rings. The van der Waals surface area contributed by atoms with Gasteiger partial charge in [0.15, 0.2) is 6.61 Å². The summed E-state index contributed by atoms with van der Waals surface area (Å²) in [6, 6.07) is 8.40. The minimum atomic E-state index is -4.54. The second-order valence-corrected chi connectivity index (χ2v) is 6.91. The van der Waals surface area contributed by atoms with Gasteiger partial charge >= 0.3 is 6.18 Å². The zero-order valence-electron chi connectivity index (χ0n) is 16.4. The van der Waals surface area contributed by atoms with Crippen molar-refractivity contribution >= 4 is 29.1 Å². The van der Waals surface area contributed by atoms with Gasteiger partial charge in [-0.2, -0.15) is 13.2 Å². The van der Waals surface area contributed by atoms with Crippen molar-refractivity contribution in [1.29, 1.82) is 0 Å². The molecular formula is C20H21ClF3N3O3. The first-order valence-corrected chi connectivity index (χ1v) is 9.48. The van der Waals surface area contributed by atoms with Crippen LogP contribution in [0.3, 0.4) is 0 Å². The van der Waals surface area contributed by atoms with Crippen LogP contribution in [-0.4, -0.2) is 47.6 Å². The molecule has 162 valence electrons. The smallest absolute Gasteiger partial charge is 0.422 e. The number of halogens is 4. The van der Waals surface area contributed by atoms with E-state index in [4.69, 9.17) is 11.6 Å². The number of alkyl halides is 3. The molecule has 6 nitrogen and oxygen atoms in total. The summed E-state index contributed by atoms with van der Waals surface area (Å²) in [5, 5.41) is 2.53. The van der Waals surface area contributed by atoms with Gasteiger partial charge in [-0.3, -0.25) is 9.59 Å². The summed E-state index contributed by atoms with van der Waals surface area (Å²) in [4.78, 5) is 30.2. The lowest BCUT2D eigenvalue weighted by molar-refractivity contribution is -0.154. The zero-order chi connectivity index (χ0) is 22.3. The summed E-state index contributed by atoms with van der Waals surface area (Å²) in [7, 11) is 0. The molecule has 0 spiro atoms. The van der Waals surface area contributed by atoms with Crippen molar-refractivity contribution in [3.63, 3.8) is 0 Å². The van der Waals surface area contributed by atoms with Crippen LogP contribution in [-0.2, 0) is 4.79 Å². The molecule has 10 heteroatoms. The highest BCUT2D eigenvalue weighted by Crippen LogP contribution is 2.25. The van der Waals surface area contributed by atoms with Gasteiger partial charge in [0, 0.05) is 18.4 Å². The summed E-state index contributed by atoms with van der Waals surface area (Å²) in [6.07, 6.45) is -2.87. The number of hydrogen-bond acceptors (Lipinski definition) is 4. The van der Waals surface area contributed by atoms with Gasteiger partial charge in [0.2, 0.25) is 11.8 Å². The highest BCUT2D eigenvalue weighted by Gasteiger charge is 2.29. The first-order chi connectivity index (χ1) is 14.1. The first kappa shape index (κ1) is 23.5. The molecule has 1 N–H and O–H groups in total. The van der Waals surface area contributed by atoms with E-state index in [-0.39, 0.29) is 23.0 Å². The summed E-state index contributed by atoms with van der Waals surface area (Å²) >= 11 is 5.91. The topological polar surface area (TPSA) is 71.5 Å². The fourth-order valence-electron chi connectivity index (χ4n) is 2.58. The Labute approximate surface area is 177 Å². The third-order valence-electron chi connectivity index (χ3n) is 3.96. The number of amides is 2. The molecule has 2 aromatic rings. The number of para-hydroxylation sites is 1. The monoisotopic (exact) mass is 443 g/mol. The molecule has 0 radical (unpaired) electrons. The minimum Gasteiger partial charge on any atom is -0.467 e. The molecule has 0 aliphatic rings. The number of nitrogens with zero attached hydrogens (tertiary/aromatic N) is 2. The molecule has 1 aromatic carbocycles. The van der Waals surface area contributed by atoms with Gasteiger partial charge in [-0.1, -0.05) is 36.7 Å². The van der Waals surface area contributed by atoms with Gasteiger partial charge < -0.3 is 15.0 Å². The molecule has 1 heterocycles. The molecule has 30 heavy (non-hydrogen) atoms. The van der Waals surface area contributed by atoms with Crippen molar-refractivity contribution in [2.75, 3.05) is 25.0 Å². The number of carbonyl (C=O) groups excluding carboxylic acids is 2. The van der Waals surface area contributed by atoms with Gasteiger partial charge in [0.05, 0.1) is 5.56 Å². The van der Waals surface area contributed by atoms with E-state index in [1.165, 1.54) is 11.0 Å². The Hall–Kier alpha value is -2.81. The minimum absolute atomic E-state index is 0.0384. The van der Waals surface area contributed by atoms with Crippen LogP contribution < -0.4 is 10.1 Å². The van der Waals surface area contributed by atoms with Crippen LogP contribution in [0.15, 0.2) is 36.5 Å². The number of rotatable bonds is 8. The Bertz CT molecular complexity index is 906. The fraction of sp³-hybridized carbons (Fsp3) is 0.350. The van der Waals surface area contributed by atoms with Crippen molar-refractivity contribution < 1.29 is 27.5 Å². The highest BCUT2D eigenvalue weighted by molar-refractivity contribution is 6.32. The summed E-state index contributed by atoms with van der Waals surface area (Å²) < 4.78 is 41.4. The van der Waals surface area contributed by atoms with E-state index >= 15 is 0 Å². The van der Waals surface area contributed by atoms with Gasteiger partial charge in [0.1, 0.15) is 11.6 Å². The summed E-state index contributed by atoms with van der Waals surface area (Å²) in [5.74, 6) is -1.33. The predicted molar refractivity (Wildman–Crippen MR) is 107 cm³/mol. The van der Waals surface area contributed by atoms with Crippen molar-refractivity contribution in [3.8, 4) is 5.88 Å². The van der Waals surface area contributed by atoms with Crippen molar-refractivity contribution in [2.24, 2.45) is 0 Å². The normalized spacial score (nSPS) is 11.1. The molecule has 0 aliphatic carbocycles. The lowest BCUT2D eigenvalue weighted by Gasteiger charge is -2.22.